The Morgan fingerprint density at radius 2 is 2.13 bits per heavy atom. The molecule has 0 unspecified atom stereocenters. The lowest BCUT2D eigenvalue weighted by Gasteiger charge is -2.31. The van der Waals surface area contributed by atoms with E-state index >= 15 is 0 Å². The molecule has 0 spiro atoms. The lowest BCUT2D eigenvalue weighted by molar-refractivity contribution is -0.119. The van der Waals surface area contributed by atoms with Crippen molar-refractivity contribution >= 4 is 45.5 Å². The van der Waals surface area contributed by atoms with E-state index in [0.717, 1.165) is 38.9 Å². The summed E-state index contributed by atoms with van der Waals surface area (Å²) in [6.45, 7) is 10.3. The SMILES string of the molecule is Cc1nc(C)c([C@H](C)NC(=O)CSC(=S)N2CCC(C)CC2)s1. The Balaban J connectivity index is 1.76. The monoisotopic (exact) mass is 371 g/mol. The number of piperidine rings is 1. The summed E-state index contributed by atoms with van der Waals surface area (Å²) in [6, 6.07) is -0.00120. The number of carbonyl (C=O) groups excluding carboxylic acids is 1. The molecule has 0 aromatic carbocycles. The van der Waals surface area contributed by atoms with E-state index in [0.29, 0.717) is 5.75 Å². The second-order valence-electron chi connectivity index (χ2n) is 6.20. The highest BCUT2D eigenvalue weighted by molar-refractivity contribution is 8.23. The standard InChI is InChI=1S/C16H25N3OS3/c1-10-5-7-19(8-6-10)16(21)22-9-14(20)18-12(3)15-11(2)17-13(4)23-15/h10,12H,5-9H2,1-4H3,(H,18,20)/t12-/m0/s1. The van der Waals surface area contributed by atoms with Gasteiger partial charge in [0.1, 0.15) is 4.32 Å². The summed E-state index contributed by atoms with van der Waals surface area (Å²) < 4.78 is 0.851. The molecule has 1 aliphatic rings. The fraction of sp³-hybridized carbons (Fsp3) is 0.688. The number of nitrogens with zero attached hydrogens (tertiary/aromatic N) is 2. The Labute approximate surface area is 152 Å². The van der Waals surface area contributed by atoms with Crippen molar-refractivity contribution in [3.05, 3.63) is 15.6 Å². The number of hydrogen-bond donors (Lipinski definition) is 1. The number of nitrogens with one attached hydrogen (secondary N) is 1. The molecule has 2 rings (SSSR count). The molecule has 23 heavy (non-hydrogen) atoms. The Morgan fingerprint density at radius 1 is 1.48 bits per heavy atom. The molecule has 1 saturated heterocycles. The topological polar surface area (TPSA) is 45.2 Å². The molecule has 0 aliphatic carbocycles. The van der Waals surface area contributed by atoms with Crippen LogP contribution >= 0.6 is 35.3 Å². The predicted molar refractivity (Wildman–Crippen MR) is 103 cm³/mol. The number of carbonyl (C=O) groups is 1. The van der Waals surface area contributed by atoms with Gasteiger partial charge >= 0.3 is 0 Å². The van der Waals surface area contributed by atoms with Crippen LogP contribution in [0.5, 0.6) is 0 Å². The van der Waals surface area contributed by atoms with Crippen LogP contribution in [0.4, 0.5) is 0 Å². The Kier molecular flexibility index (Phi) is 6.85. The number of rotatable bonds is 4. The molecule has 1 aromatic rings. The van der Waals surface area contributed by atoms with Crippen molar-refractivity contribution in [3.8, 4) is 0 Å². The molecule has 7 heteroatoms. The van der Waals surface area contributed by atoms with Crippen LogP contribution in [0, 0.1) is 19.8 Å². The molecule has 1 atom stereocenters. The largest absolute Gasteiger partial charge is 0.357 e. The molecule has 128 valence electrons. The van der Waals surface area contributed by atoms with Gasteiger partial charge in [0, 0.05) is 18.0 Å². The van der Waals surface area contributed by atoms with Crippen LogP contribution in [0.2, 0.25) is 0 Å². The number of amides is 1. The van der Waals surface area contributed by atoms with Crippen LogP contribution in [0.25, 0.3) is 0 Å². The molecule has 1 amide bonds. The van der Waals surface area contributed by atoms with E-state index < -0.39 is 0 Å². The smallest absolute Gasteiger partial charge is 0.230 e. The summed E-state index contributed by atoms with van der Waals surface area (Å²) in [5.74, 6) is 1.20. The molecule has 0 saturated carbocycles. The Hall–Kier alpha value is -0.660. The van der Waals surface area contributed by atoms with Gasteiger partial charge in [-0.3, -0.25) is 4.79 Å². The maximum absolute atomic E-state index is 12.2. The molecular formula is C16H25N3OS3. The van der Waals surface area contributed by atoms with Crippen molar-refractivity contribution in [2.75, 3.05) is 18.8 Å². The van der Waals surface area contributed by atoms with Crippen molar-refractivity contribution in [3.63, 3.8) is 0 Å². The zero-order valence-corrected chi connectivity index (χ0v) is 16.7. The van der Waals surface area contributed by atoms with Crippen molar-refractivity contribution < 1.29 is 4.79 Å². The van der Waals surface area contributed by atoms with Gasteiger partial charge < -0.3 is 10.2 Å². The third-order valence-electron chi connectivity index (χ3n) is 4.08. The molecule has 4 nitrogen and oxygen atoms in total. The molecule has 1 aliphatic heterocycles. The maximum Gasteiger partial charge on any atom is 0.230 e. The molecule has 1 aromatic heterocycles. The third kappa shape index (κ3) is 5.43. The van der Waals surface area contributed by atoms with E-state index in [9.17, 15) is 4.79 Å². The summed E-state index contributed by atoms with van der Waals surface area (Å²) in [6.07, 6.45) is 2.38. The van der Waals surface area contributed by atoms with E-state index in [-0.39, 0.29) is 11.9 Å². The normalized spacial score (nSPS) is 17.1. The highest BCUT2D eigenvalue weighted by atomic mass is 32.2. The minimum absolute atomic E-state index is 0.00120. The predicted octanol–water partition coefficient (Wildman–Crippen LogP) is 3.69. The lowest BCUT2D eigenvalue weighted by Crippen LogP contribution is -2.36. The quantitative estimate of drug-likeness (QED) is 0.818. The van der Waals surface area contributed by atoms with E-state index in [1.165, 1.54) is 24.6 Å². The lowest BCUT2D eigenvalue weighted by atomic mass is 10.00. The van der Waals surface area contributed by atoms with Crippen molar-refractivity contribution in [1.29, 1.82) is 0 Å². The minimum Gasteiger partial charge on any atom is -0.357 e. The van der Waals surface area contributed by atoms with Gasteiger partial charge in [0.25, 0.3) is 0 Å². The van der Waals surface area contributed by atoms with Crippen molar-refractivity contribution in [2.45, 2.75) is 46.6 Å². The van der Waals surface area contributed by atoms with Gasteiger partial charge in [-0.05, 0) is 39.5 Å². The second kappa shape index (κ2) is 8.44. The number of thiocarbonyl (C=S) groups is 1. The molecular weight excluding hydrogens is 346 g/mol. The van der Waals surface area contributed by atoms with Crippen LogP contribution in [-0.2, 0) is 4.79 Å². The van der Waals surface area contributed by atoms with Gasteiger partial charge in [0.05, 0.1) is 22.5 Å². The molecule has 1 N–H and O–H groups in total. The van der Waals surface area contributed by atoms with E-state index in [1.54, 1.807) is 11.3 Å². The fourth-order valence-electron chi connectivity index (χ4n) is 2.71. The highest BCUT2D eigenvalue weighted by Crippen LogP contribution is 2.25. The van der Waals surface area contributed by atoms with Crippen molar-refractivity contribution in [2.24, 2.45) is 5.92 Å². The number of thioether (sulfide) groups is 1. The van der Waals surface area contributed by atoms with E-state index in [1.807, 2.05) is 20.8 Å². The first-order chi connectivity index (χ1) is 10.9. The first-order valence-electron chi connectivity index (χ1n) is 8.01. The molecule has 0 bridgehead atoms. The summed E-state index contributed by atoms with van der Waals surface area (Å²) in [5, 5.41) is 4.08. The first-order valence-corrected chi connectivity index (χ1v) is 10.2. The van der Waals surface area contributed by atoms with Crippen LogP contribution in [0.15, 0.2) is 0 Å². The molecule has 0 radical (unpaired) electrons. The van der Waals surface area contributed by atoms with Crippen molar-refractivity contribution in [1.82, 2.24) is 15.2 Å². The van der Waals surface area contributed by atoms with Gasteiger partial charge in [-0.25, -0.2) is 4.98 Å². The van der Waals surface area contributed by atoms with Crippen LogP contribution in [0.3, 0.4) is 0 Å². The Bertz CT molecular complexity index is 565. The average molecular weight is 372 g/mol. The minimum atomic E-state index is -0.00120. The highest BCUT2D eigenvalue weighted by Gasteiger charge is 2.20. The van der Waals surface area contributed by atoms with E-state index in [4.69, 9.17) is 12.2 Å². The van der Waals surface area contributed by atoms with Gasteiger partial charge in [-0.15, -0.1) is 11.3 Å². The number of aryl methyl sites for hydroxylation is 2. The van der Waals surface area contributed by atoms with E-state index in [2.05, 4.69) is 22.1 Å². The zero-order chi connectivity index (χ0) is 17.0. The number of aromatic nitrogens is 1. The van der Waals surface area contributed by atoms with Crippen LogP contribution in [-0.4, -0.2) is 39.0 Å². The Morgan fingerprint density at radius 3 is 2.70 bits per heavy atom. The number of likely N-dealkylation sites (tertiary alicyclic amines) is 1. The van der Waals surface area contributed by atoms with Gasteiger partial charge in [0.15, 0.2) is 0 Å². The summed E-state index contributed by atoms with van der Waals surface area (Å²) in [4.78, 5) is 19.9. The second-order valence-corrected chi connectivity index (χ2v) is 9.04. The zero-order valence-electron chi connectivity index (χ0n) is 14.2. The van der Waals surface area contributed by atoms with Crippen LogP contribution in [0.1, 0.15) is 48.3 Å². The first kappa shape index (κ1) is 18.7. The number of thiazole rings is 1. The fourth-order valence-corrected chi connectivity index (χ4v) is 4.70. The maximum atomic E-state index is 12.2. The molecule has 2 heterocycles. The third-order valence-corrected chi connectivity index (χ3v) is 6.86. The average Bonchev–Trinajstić information content (AvgIpc) is 2.84. The summed E-state index contributed by atoms with van der Waals surface area (Å²) >= 11 is 8.58. The van der Waals surface area contributed by atoms with Gasteiger partial charge in [-0.2, -0.15) is 0 Å². The summed E-state index contributed by atoms with van der Waals surface area (Å²) in [5.41, 5.74) is 1.01. The molecule has 1 fully saturated rings. The van der Waals surface area contributed by atoms with Crippen LogP contribution < -0.4 is 5.32 Å². The van der Waals surface area contributed by atoms with Gasteiger partial charge in [0.2, 0.25) is 5.91 Å². The summed E-state index contributed by atoms with van der Waals surface area (Å²) in [7, 11) is 0. The number of hydrogen-bond acceptors (Lipinski definition) is 5. The van der Waals surface area contributed by atoms with Gasteiger partial charge in [-0.1, -0.05) is 30.9 Å².